The van der Waals surface area contributed by atoms with Crippen molar-refractivity contribution in [2.45, 2.75) is 57.4 Å². The van der Waals surface area contributed by atoms with Gasteiger partial charge >= 0.3 is 0 Å². The highest BCUT2D eigenvalue weighted by Crippen LogP contribution is 2.36. The first kappa shape index (κ1) is 25.6. The molecule has 1 aliphatic heterocycles. The van der Waals surface area contributed by atoms with E-state index in [0.29, 0.717) is 38.0 Å². The van der Waals surface area contributed by atoms with Crippen LogP contribution < -0.4 is 10.1 Å². The predicted molar refractivity (Wildman–Crippen MR) is 137 cm³/mol. The zero-order chi connectivity index (χ0) is 24.7. The number of nitrogens with one attached hydrogen (secondary N) is 1. The van der Waals surface area contributed by atoms with E-state index in [-0.39, 0.29) is 11.7 Å². The highest BCUT2D eigenvalue weighted by molar-refractivity contribution is 5.83. The monoisotopic (exact) mass is 482 g/mol. The van der Waals surface area contributed by atoms with Gasteiger partial charge in [-0.05, 0) is 68.5 Å². The average Bonchev–Trinajstić information content (AvgIpc) is 2.90. The fourth-order valence-electron chi connectivity index (χ4n) is 5.58. The van der Waals surface area contributed by atoms with Crippen LogP contribution >= 0.6 is 0 Å². The standard InChI is InChI=1S/C29H39FN2O3/c1-32(25-6-4-3-5-7-25)17-16-31-28(33)29(14-18-35-19-15-29)21-22-8-10-23(11-9-22)26-20-24(30)12-13-27(26)34-2/h8-13,20,25H,3-7,14-19,21H2,1-2H3,(H,31,33). The number of methoxy groups -OCH3 is 1. The van der Waals surface area contributed by atoms with Crippen LogP contribution in [-0.4, -0.2) is 57.3 Å². The molecule has 1 N–H and O–H groups in total. The van der Waals surface area contributed by atoms with E-state index in [1.807, 2.05) is 24.3 Å². The van der Waals surface area contributed by atoms with Gasteiger partial charge in [-0.15, -0.1) is 0 Å². The van der Waals surface area contributed by atoms with Crippen LogP contribution in [0.2, 0.25) is 0 Å². The van der Waals surface area contributed by atoms with E-state index < -0.39 is 5.41 Å². The number of rotatable bonds is 9. The Labute approximate surface area is 209 Å². The van der Waals surface area contributed by atoms with Gasteiger partial charge in [0, 0.05) is 37.9 Å². The lowest BCUT2D eigenvalue weighted by atomic mass is 9.74. The molecule has 4 rings (SSSR count). The minimum absolute atomic E-state index is 0.133. The van der Waals surface area contributed by atoms with Crippen molar-refractivity contribution in [3.8, 4) is 16.9 Å². The van der Waals surface area contributed by atoms with E-state index in [1.165, 1.54) is 44.2 Å². The van der Waals surface area contributed by atoms with Gasteiger partial charge in [0.2, 0.25) is 5.91 Å². The molecular formula is C29H39FN2O3. The first-order valence-corrected chi connectivity index (χ1v) is 13.0. The lowest BCUT2D eigenvalue weighted by Crippen LogP contribution is -2.48. The van der Waals surface area contributed by atoms with E-state index in [0.717, 1.165) is 36.1 Å². The maximum atomic E-state index is 13.8. The van der Waals surface area contributed by atoms with Gasteiger partial charge in [-0.2, -0.15) is 0 Å². The Morgan fingerprint density at radius 3 is 2.51 bits per heavy atom. The summed E-state index contributed by atoms with van der Waals surface area (Å²) in [5.41, 5.74) is 2.25. The zero-order valence-electron chi connectivity index (χ0n) is 21.2. The Morgan fingerprint density at radius 2 is 1.83 bits per heavy atom. The van der Waals surface area contributed by atoms with Gasteiger partial charge in [-0.25, -0.2) is 4.39 Å². The van der Waals surface area contributed by atoms with Gasteiger partial charge in [0.15, 0.2) is 0 Å². The number of ether oxygens (including phenoxy) is 2. The van der Waals surface area contributed by atoms with Crippen molar-refractivity contribution in [1.82, 2.24) is 10.2 Å². The van der Waals surface area contributed by atoms with Gasteiger partial charge in [-0.3, -0.25) is 4.79 Å². The molecule has 5 nitrogen and oxygen atoms in total. The number of likely N-dealkylation sites (N-methyl/N-ethyl adjacent to an activating group) is 1. The van der Waals surface area contributed by atoms with E-state index in [9.17, 15) is 9.18 Å². The molecule has 0 bridgehead atoms. The van der Waals surface area contributed by atoms with Crippen LogP contribution in [0.1, 0.15) is 50.5 Å². The second-order valence-electron chi connectivity index (χ2n) is 10.1. The molecule has 2 aromatic carbocycles. The van der Waals surface area contributed by atoms with Gasteiger partial charge in [0.05, 0.1) is 12.5 Å². The molecule has 1 aliphatic carbocycles. The minimum Gasteiger partial charge on any atom is -0.496 e. The Morgan fingerprint density at radius 1 is 1.11 bits per heavy atom. The summed E-state index contributed by atoms with van der Waals surface area (Å²) < 4.78 is 24.9. The van der Waals surface area contributed by atoms with Crippen molar-refractivity contribution < 1.29 is 18.7 Å². The van der Waals surface area contributed by atoms with Gasteiger partial charge < -0.3 is 19.7 Å². The second kappa shape index (κ2) is 12.0. The summed E-state index contributed by atoms with van der Waals surface area (Å²) in [6.07, 6.45) is 8.62. The summed E-state index contributed by atoms with van der Waals surface area (Å²) in [5.74, 6) is 0.475. The van der Waals surface area contributed by atoms with Crippen molar-refractivity contribution in [1.29, 1.82) is 0 Å². The Kier molecular flexibility index (Phi) is 8.79. The van der Waals surface area contributed by atoms with Crippen LogP contribution in [0.25, 0.3) is 11.1 Å². The quantitative estimate of drug-likeness (QED) is 0.532. The van der Waals surface area contributed by atoms with Gasteiger partial charge in [0.25, 0.3) is 0 Å². The number of hydrogen-bond donors (Lipinski definition) is 1. The fraction of sp³-hybridized carbons (Fsp3) is 0.552. The second-order valence-corrected chi connectivity index (χ2v) is 10.1. The Balaban J connectivity index is 1.41. The number of amides is 1. The number of nitrogens with zero attached hydrogens (tertiary/aromatic N) is 1. The third kappa shape index (κ3) is 6.42. The lowest BCUT2D eigenvalue weighted by Gasteiger charge is -2.36. The molecule has 0 radical (unpaired) electrons. The number of halogens is 1. The number of carbonyl (C=O) groups excluding carboxylic acids is 1. The maximum absolute atomic E-state index is 13.8. The first-order valence-electron chi connectivity index (χ1n) is 13.0. The summed E-state index contributed by atoms with van der Waals surface area (Å²) in [6.45, 7) is 2.77. The predicted octanol–water partition coefficient (Wildman–Crippen LogP) is 5.22. The fourth-order valence-corrected chi connectivity index (χ4v) is 5.58. The van der Waals surface area contributed by atoms with Crippen molar-refractivity contribution in [3.05, 3.63) is 53.8 Å². The largest absolute Gasteiger partial charge is 0.496 e. The summed E-state index contributed by atoms with van der Waals surface area (Å²) in [7, 11) is 3.77. The molecule has 2 aliphatic rings. The highest BCUT2D eigenvalue weighted by atomic mass is 19.1. The van der Waals surface area contributed by atoms with E-state index >= 15 is 0 Å². The van der Waals surface area contributed by atoms with Crippen molar-refractivity contribution in [3.63, 3.8) is 0 Å². The van der Waals surface area contributed by atoms with Crippen LogP contribution in [0.5, 0.6) is 5.75 Å². The number of benzene rings is 2. The summed E-state index contributed by atoms with van der Waals surface area (Å²) in [5, 5.41) is 3.25. The molecule has 0 atom stereocenters. The molecule has 1 saturated carbocycles. The van der Waals surface area contributed by atoms with Crippen molar-refractivity contribution >= 4 is 5.91 Å². The third-order valence-corrected chi connectivity index (χ3v) is 7.85. The number of hydrogen-bond acceptors (Lipinski definition) is 4. The zero-order valence-corrected chi connectivity index (χ0v) is 21.2. The molecule has 0 aromatic heterocycles. The normalized spacial score (nSPS) is 18.4. The van der Waals surface area contributed by atoms with Gasteiger partial charge in [-0.1, -0.05) is 43.5 Å². The maximum Gasteiger partial charge on any atom is 0.226 e. The summed E-state index contributed by atoms with van der Waals surface area (Å²) in [4.78, 5) is 15.9. The molecule has 1 heterocycles. The molecule has 0 spiro atoms. The first-order chi connectivity index (χ1) is 17.0. The third-order valence-electron chi connectivity index (χ3n) is 7.85. The molecule has 6 heteroatoms. The molecule has 190 valence electrons. The lowest BCUT2D eigenvalue weighted by molar-refractivity contribution is -0.136. The topological polar surface area (TPSA) is 50.8 Å². The number of carbonyl (C=O) groups is 1. The van der Waals surface area contributed by atoms with Crippen molar-refractivity contribution in [2.24, 2.45) is 5.41 Å². The molecule has 2 fully saturated rings. The SMILES string of the molecule is COc1ccc(F)cc1-c1ccc(CC2(C(=O)NCCN(C)C3CCCCC3)CCOCC2)cc1. The molecule has 0 unspecified atom stereocenters. The molecule has 1 saturated heterocycles. The van der Waals surface area contributed by atoms with Crippen LogP contribution in [0.3, 0.4) is 0 Å². The molecular weight excluding hydrogens is 443 g/mol. The van der Waals surface area contributed by atoms with E-state index in [4.69, 9.17) is 9.47 Å². The molecule has 35 heavy (non-hydrogen) atoms. The highest BCUT2D eigenvalue weighted by Gasteiger charge is 2.40. The van der Waals surface area contributed by atoms with Crippen molar-refractivity contribution in [2.75, 3.05) is 40.5 Å². The Bertz CT molecular complexity index is 966. The Hall–Kier alpha value is -2.44. The van der Waals surface area contributed by atoms with E-state index in [2.05, 4.69) is 17.3 Å². The van der Waals surface area contributed by atoms with Crippen LogP contribution in [0.4, 0.5) is 4.39 Å². The summed E-state index contributed by atoms with van der Waals surface area (Å²) in [6, 6.07) is 13.2. The van der Waals surface area contributed by atoms with Crippen LogP contribution in [-0.2, 0) is 16.0 Å². The van der Waals surface area contributed by atoms with Gasteiger partial charge in [0.1, 0.15) is 11.6 Å². The minimum atomic E-state index is -0.459. The van der Waals surface area contributed by atoms with Crippen LogP contribution in [0, 0.1) is 11.2 Å². The smallest absolute Gasteiger partial charge is 0.226 e. The van der Waals surface area contributed by atoms with Crippen LogP contribution in [0.15, 0.2) is 42.5 Å². The molecule has 1 amide bonds. The molecule has 2 aromatic rings. The summed E-state index contributed by atoms with van der Waals surface area (Å²) >= 11 is 0. The average molecular weight is 483 g/mol. The van der Waals surface area contributed by atoms with E-state index in [1.54, 1.807) is 13.2 Å².